The molecular weight excluding hydrogens is 380 g/mol. The van der Waals surface area contributed by atoms with Crippen LogP contribution in [0.5, 0.6) is 5.75 Å². The minimum Gasteiger partial charge on any atom is -0.497 e. The molecule has 1 saturated heterocycles. The summed E-state index contributed by atoms with van der Waals surface area (Å²) in [4.78, 5) is 12.4. The molecule has 0 unspecified atom stereocenters. The number of sulfonamides is 1. The molecule has 0 spiro atoms. The summed E-state index contributed by atoms with van der Waals surface area (Å²) in [5.41, 5.74) is 1.70. The standard InChI is InChI=1S/C20H24N2O5S/c1-26-18-4-2-3-17(13-18)14-20(23)21-15-16-5-7-19(8-6-16)28(24,25)22-9-11-27-12-10-22/h2-8,13H,9-12,14-15H2,1H3,(H,21,23). The van der Waals surface area contributed by atoms with Crippen LogP contribution < -0.4 is 10.1 Å². The van der Waals surface area contributed by atoms with E-state index in [1.807, 2.05) is 24.3 Å². The molecule has 8 heteroatoms. The maximum atomic E-state index is 12.6. The van der Waals surface area contributed by atoms with Gasteiger partial charge in [0, 0.05) is 19.6 Å². The lowest BCUT2D eigenvalue weighted by atomic mass is 10.1. The quantitative estimate of drug-likeness (QED) is 0.757. The number of ether oxygens (including phenoxy) is 2. The highest BCUT2D eigenvalue weighted by molar-refractivity contribution is 7.89. The summed E-state index contributed by atoms with van der Waals surface area (Å²) >= 11 is 0. The van der Waals surface area contributed by atoms with Crippen LogP contribution in [0, 0.1) is 0 Å². The minimum atomic E-state index is -3.50. The van der Waals surface area contributed by atoms with Gasteiger partial charge in [-0.3, -0.25) is 4.79 Å². The molecule has 2 aromatic rings. The van der Waals surface area contributed by atoms with Crippen LogP contribution in [0.25, 0.3) is 0 Å². The lowest BCUT2D eigenvalue weighted by Gasteiger charge is -2.26. The Labute approximate surface area is 165 Å². The van der Waals surface area contributed by atoms with Crippen molar-refractivity contribution < 1.29 is 22.7 Å². The van der Waals surface area contributed by atoms with E-state index in [0.717, 1.165) is 11.1 Å². The fourth-order valence-electron chi connectivity index (χ4n) is 2.95. The average molecular weight is 404 g/mol. The Morgan fingerprint density at radius 1 is 1.11 bits per heavy atom. The Hall–Kier alpha value is -2.42. The van der Waals surface area contributed by atoms with Crippen molar-refractivity contribution in [2.75, 3.05) is 33.4 Å². The van der Waals surface area contributed by atoms with E-state index in [4.69, 9.17) is 9.47 Å². The van der Waals surface area contributed by atoms with E-state index >= 15 is 0 Å². The number of carbonyl (C=O) groups is 1. The molecule has 0 radical (unpaired) electrons. The summed E-state index contributed by atoms with van der Waals surface area (Å²) in [6, 6.07) is 14.0. The second-order valence-electron chi connectivity index (χ2n) is 6.47. The van der Waals surface area contributed by atoms with Crippen LogP contribution in [-0.4, -0.2) is 52.0 Å². The van der Waals surface area contributed by atoms with Crippen LogP contribution in [0.15, 0.2) is 53.4 Å². The average Bonchev–Trinajstić information content (AvgIpc) is 2.73. The van der Waals surface area contributed by atoms with Gasteiger partial charge in [-0.25, -0.2) is 8.42 Å². The normalized spacial score (nSPS) is 15.2. The molecule has 1 heterocycles. The SMILES string of the molecule is COc1cccc(CC(=O)NCc2ccc(S(=O)(=O)N3CCOCC3)cc2)c1. The molecule has 150 valence electrons. The van der Waals surface area contributed by atoms with Crippen molar-refractivity contribution in [3.05, 3.63) is 59.7 Å². The van der Waals surface area contributed by atoms with Gasteiger partial charge in [-0.15, -0.1) is 0 Å². The largest absolute Gasteiger partial charge is 0.497 e. The highest BCUT2D eigenvalue weighted by Gasteiger charge is 2.26. The number of rotatable bonds is 7. The second-order valence-corrected chi connectivity index (χ2v) is 8.40. The number of amides is 1. The van der Waals surface area contributed by atoms with E-state index in [0.29, 0.717) is 38.6 Å². The Balaban J connectivity index is 1.56. The van der Waals surface area contributed by atoms with E-state index < -0.39 is 10.0 Å². The van der Waals surface area contributed by atoms with Gasteiger partial charge in [0.25, 0.3) is 0 Å². The van der Waals surface area contributed by atoms with Crippen molar-refractivity contribution >= 4 is 15.9 Å². The first kappa shape index (κ1) is 20.3. The molecule has 0 aliphatic carbocycles. The molecule has 7 nitrogen and oxygen atoms in total. The van der Waals surface area contributed by atoms with Crippen molar-refractivity contribution in [1.29, 1.82) is 0 Å². The van der Waals surface area contributed by atoms with Gasteiger partial charge in [-0.1, -0.05) is 24.3 Å². The molecule has 1 N–H and O–H groups in total. The summed E-state index contributed by atoms with van der Waals surface area (Å²) in [6.07, 6.45) is 0.251. The van der Waals surface area contributed by atoms with E-state index in [9.17, 15) is 13.2 Å². The van der Waals surface area contributed by atoms with Crippen LogP contribution in [0.1, 0.15) is 11.1 Å². The summed E-state index contributed by atoms with van der Waals surface area (Å²) in [6.45, 7) is 1.89. The summed E-state index contributed by atoms with van der Waals surface area (Å²) in [7, 11) is -1.92. The van der Waals surface area contributed by atoms with Gasteiger partial charge >= 0.3 is 0 Å². The zero-order chi connectivity index (χ0) is 20.0. The highest BCUT2D eigenvalue weighted by atomic mass is 32.2. The fraction of sp³-hybridized carbons (Fsp3) is 0.350. The zero-order valence-corrected chi connectivity index (χ0v) is 16.6. The Kier molecular flexibility index (Phi) is 6.66. The summed E-state index contributed by atoms with van der Waals surface area (Å²) < 4.78 is 37.0. The van der Waals surface area contributed by atoms with Crippen LogP contribution in [0.4, 0.5) is 0 Å². The number of nitrogens with zero attached hydrogens (tertiary/aromatic N) is 1. The topological polar surface area (TPSA) is 84.9 Å². The molecule has 2 aromatic carbocycles. The van der Waals surface area contributed by atoms with Gasteiger partial charge in [0.1, 0.15) is 5.75 Å². The van der Waals surface area contributed by atoms with Crippen LogP contribution in [0.3, 0.4) is 0 Å². The third-order valence-electron chi connectivity index (χ3n) is 4.52. The Morgan fingerprint density at radius 3 is 2.50 bits per heavy atom. The smallest absolute Gasteiger partial charge is 0.243 e. The van der Waals surface area contributed by atoms with Gasteiger partial charge < -0.3 is 14.8 Å². The molecular formula is C20H24N2O5S. The predicted octanol–water partition coefficient (Wildman–Crippen LogP) is 1.57. The molecule has 0 atom stereocenters. The van der Waals surface area contributed by atoms with Crippen molar-refractivity contribution in [2.24, 2.45) is 0 Å². The molecule has 28 heavy (non-hydrogen) atoms. The number of methoxy groups -OCH3 is 1. The van der Waals surface area contributed by atoms with E-state index in [1.54, 1.807) is 31.4 Å². The second kappa shape index (κ2) is 9.18. The number of morpholine rings is 1. The molecule has 0 aromatic heterocycles. The van der Waals surface area contributed by atoms with Crippen molar-refractivity contribution in [3.63, 3.8) is 0 Å². The first-order valence-electron chi connectivity index (χ1n) is 9.05. The lowest BCUT2D eigenvalue weighted by Crippen LogP contribution is -2.40. The molecule has 1 fully saturated rings. The van der Waals surface area contributed by atoms with Crippen molar-refractivity contribution in [3.8, 4) is 5.75 Å². The number of nitrogens with one attached hydrogen (secondary N) is 1. The number of carbonyl (C=O) groups excluding carboxylic acids is 1. The number of benzene rings is 2. The van der Waals surface area contributed by atoms with Crippen molar-refractivity contribution in [1.82, 2.24) is 9.62 Å². The van der Waals surface area contributed by atoms with Gasteiger partial charge in [-0.05, 0) is 35.4 Å². The molecule has 0 saturated carbocycles. The highest BCUT2D eigenvalue weighted by Crippen LogP contribution is 2.18. The maximum absolute atomic E-state index is 12.6. The Bertz CT molecular complexity index is 906. The van der Waals surface area contributed by atoms with E-state index in [2.05, 4.69) is 5.32 Å². The summed E-state index contributed by atoms with van der Waals surface area (Å²) in [5.74, 6) is 0.598. The van der Waals surface area contributed by atoms with E-state index in [-0.39, 0.29) is 17.2 Å². The first-order valence-corrected chi connectivity index (χ1v) is 10.5. The number of hydrogen-bond donors (Lipinski definition) is 1. The lowest BCUT2D eigenvalue weighted by molar-refractivity contribution is -0.120. The van der Waals surface area contributed by atoms with E-state index in [1.165, 1.54) is 4.31 Å². The third kappa shape index (κ3) is 5.09. The maximum Gasteiger partial charge on any atom is 0.243 e. The fourth-order valence-corrected chi connectivity index (χ4v) is 4.35. The van der Waals surface area contributed by atoms with Crippen LogP contribution in [0.2, 0.25) is 0 Å². The van der Waals surface area contributed by atoms with Gasteiger partial charge in [-0.2, -0.15) is 4.31 Å². The molecule has 1 amide bonds. The van der Waals surface area contributed by atoms with Crippen molar-refractivity contribution in [2.45, 2.75) is 17.9 Å². The monoisotopic (exact) mass is 404 g/mol. The number of hydrogen-bond acceptors (Lipinski definition) is 5. The zero-order valence-electron chi connectivity index (χ0n) is 15.8. The third-order valence-corrected chi connectivity index (χ3v) is 6.43. The summed E-state index contributed by atoms with van der Waals surface area (Å²) in [5, 5.41) is 2.85. The van der Waals surface area contributed by atoms with Gasteiger partial charge in [0.2, 0.25) is 15.9 Å². The molecule has 3 rings (SSSR count). The van der Waals surface area contributed by atoms with Crippen LogP contribution >= 0.6 is 0 Å². The first-order chi connectivity index (χ1) is 13.5. The Morgan fingerprint density at radius 2 is 1.82 bits per heavy atom. The molecule has 1 aliphatic rings. The van der Waals surface area contributed by atoms with Gasteiger partial charge in [0.15, 0.2) is 0 Å². The van der Waals surface area contributed by atoms with Crippen LogP contribution in [-0.2, 0) is 32.5 Å². The van der Waals surface area contributed by atoms with Gasteiger partial charge in [0.05, 0.1) is 31.6 Å². The minimum absolute atomic E-state index is 0.113. The molecule has 0 bridgehead atoms. The molecule has 1 aliphatic heterocycles. The predicted molar refractivity (Wildman–Crippen MR) is 105 cm³/mol.